The maximum absolute atomic E-state index is 12.2. The smallest absolute Gasteiger partial charge is 0.435 e. The second-order valence-corrected chi connectivity index (χ2v) is 3.20. The van der Waals surface area contributed by atoms with Crippen molar-refractivity contribution >= 4 is 5.97 Å². The van der Waals surface area contributed by atoms with Crippen LogP contribution in [-0.4, -0.2) is 32.1 Å². The summed E-state index contributed by atoms with van der Waals surface area (Å²) in [5.74, 6) is -1.49. The molecule has 0 radical (unpaired) electrons. The second-order valence-electron chi connectivity index (χ2n) is 3.20. The predicted molar refractivity (Wildman–Crippen MR) is 45.6 cm³/mol. The van der Waals surface area contributed by atoms with E-state index >= 15 is 0 Å². The van der Waals surface area contributed by atoms with Crippen molar-refractivity contribution < 1.29 is 28.2 Å². The highest BCUT2D eigenvalue weighted by Crippen LogP contribution is 2.28. The molecule has 1 rings (SSSR count). The van der Waals surface area contributed by atoms with Crippen LogP contribution in [0.15, 0.2) is 6.07 Å². The molecular weight excluding hydrogens is 229 g/mol. The van der Waals surface area contributed by atoms with E-state index in [1.807, 2.05) is 0 Å². The van der Waals surface area contributed by atoms with Crippen molar-refractivity contribution in [2.75, 3.05) is 0 Å². The van der Waals surface area contributed by atoms with Crippen LogP contribution < -0.4 is 0 Å². The number of alkyl halides is 3. The zero-order chi connectivity index (χ0) is 12.5. The fraction of sp³-hybridized carbons (Fsp3) is 0.500. The molecule has 0 aliphatic carbocycles. The number of aliphatic carboxylic acids is 1. The van der Waals surface area contributed by atoms with Gasteiger partial charge >= 0.3 is 12.1 Å². The van der Waals surface area contributed by atoms with Gasteiger partial charge < -0.3 is 10.2 Å². The summed E-state index contributed by atoms with van der Waals surface area (Å²) in [5.41, 5.74) is -1.11. The number of aromatic nitrogens is 2. The van der Waals surface area contributed by atoms with Gasteiger partial charge in [0.1, 0.15) is 0 Å². The Balaban J connectivity index is 2.91. The number of rotatable bonds is 3. The van der Waals surface area contributed by atoms with E-state index < -0.39 is 30.4 Å². The highest BCUT2D eigenvalue weighted by molar-refractivity contribution is 5.72. The van der Waals surface area contributed by atoms with E-state index in [1.54, 1.807) is 0 Å². The Hall–Kier alpha value is -1.57. The molecule has 8 heteroatoms. The number of carboxylic acids is 1. The van der Waals surface area contributed by atoms with E-state index in [1.165, 1.54) is 7.05 Å². The monoisotopic (exact) mass is 238 g/mol. The summed E-state index contributed by atoms with van der Waals surface area (Å²) in [4.78, 5) is 10.3. The number of aliphatic hydroxyl groups excluding tert-OH is 1. The number of nitrogens with zero attached hydrogens (tertiary/aromatic N) is 2. The van der Waals surface area contributed by atoms with Crippen molar-refractivity contribution in [3.8, 4) is 0 Å². The second kappa shape index (κ2) is 4.12. The van der Waals surface area contributed by atoms with Gasteiger partial charge in [-0.25, -0.2) is 4.79 Å². The van der Waals surface area contributed by atoms with Crippen LogP contribution in [0.25, 0.3) is 0 Å². The lowest BCUT2D eigenvalue weighted by atomic mass is 10.2. The van der Waals surface area contributed by atoms with Gasteiger partial charge in [-0.15, -0.1) is 0 Å². The summed E-state index contributed by atoms with van der Waals surface area (Å²) in [6.45, 7) is 0. The highest BCUT2D eigenvalue weighted by Gasteiger charge is 2.34. The maximum Gasteiger partial charge on any atom is 0.435 e. The van der Waals surface area contributed by atoms with Crippen molar-refractivity contribution in [3.05, 3.63) is 17.5 Å². The Kier molecular flexibility index (Phi) is 3.22. The van der Waals surface area contributed by atoms with Gasteiger partial charge in [-0.1, -0.05) is 0 Å². The average Bonchev–Trinajstić information content (AvgIpc) is 2.47. The molecule has 0 saturated carbocycles. The summed E-state index contributed by atoms with van der Waals surface area (Å²) in [6, 6.07) is 0.714. The first-order valence-electron chi connectivity index (χ1n) is 4.23. The van der Waals surface area contributed by atoms with Gasteiger partial charge in [0.05, 0.1) is 0 Å². The number of halogens is 3. The molecule has 16 heavy (non-hydrogen) atoms. The van der Waals surface area contributed by atoms with Gasteiger partial charge in [0, 0.05) is 19.2 Å². The van der Waals surface area contributed by atoms with Crippen molar-refractivity contribution in [2.45, 2.75) is 18.7 Å². The zero-order valence-electron chi connectivity index (χ0n) is 8.19. The first-order chi connectivity index (χ1) is 7.21. The van der Waals surface area contributed by atoms with Crippen LogP contribution in [0.3, 0.4) is 0 Å². The molecule has 1 atom stereocenters. The van der Waals surface area contributed by atoms with Gasteiger partial charge in [0.25, 0.3) is 0 Å². The van der Waals surface area contributed by atoms with Crippen LogP contribution in [0, 0.1) is 0 Å². The van der Waals surface area contributed by atoms with E-state index in [4.69, 9.17) is 10.2 Å². The van der Waals surface area contributed by atoms with Crippen molar-refractivity contribution in [1.82, 2.24) is 9.78 Å². The first kappa shape index (κ1) is 12.5. The summed E-state index contributed by atoms with van der Waals surface area (Å²) >= 11 is 0. The van der Waals surface area contributed by atoms with E-state index in [0.717, 1.165) is 4.68 Å². The van der Waals surface area contributed by atoms with Gasteiger partial charge in [0.2, 0.25) is 0 Å². The van der Waals surface area contributed by atoms with Crippen LogP contribution in [-0.2, 0) is 24.4 Å². The molecule has 0 aliphatic rings. The molecule has 0 bridgehead atoms. The van der Waals surface area contributed by atoms with Gasteiger partial charge in [-0.05, 0) is 6.07 Å². The van der Waals surface area contributed by atoms with Crippen molar-refractivity contribution in [3.63, 3.8) is 0 Å². The Morgan fingerprint density at radius 2 is 2.19 bits per heavy atom. The number of hydrogen-bond donors (Lipinski definition) is 2. The lowest BCUT2D eigenvalue weighted by Gasteiger charge is -2.04. The zero-order valence-corrected chi connectivity index (χ0v) is 8.19. The number of carbonyl (C=O) groups is 1. The molecular formula is C8H9F3N2O3. The molecule has 0 aromatic carbocycles. The molecule has 0 spiro atoms. The number of carboxylic acid groups (broad SMARTS) is 1. The predicted octanol–water partition coefficient (Wildman–Crippen LogP) is 0.427. The maximum atomic E-state index is 12.2. The molecule has 0 aliphatic heterocycles. The van der Waals surface area contributed by atoms with Crippen molar-refractivity contribution in [2.24, 2.45) is 7.05 Å². The van der Waals surface area contributed by atoms with Crippen molar-refractivity contribution in [1.29, 1.82) is 0 Å². The molecule has 0 saturated heterocycles. The Morgan fingerprint density at radius 3 is 2.56 bits per heavy atom. The van der Waals surface area contributed by atoms with E-state index in [0.29, 0.717) is 6.07 Å². The van der Waals surface area contributed by atoms with Gasteiger partial charge in [0.15, 0.2) is 11.8 Å². The van der Waals surface area contributed by atoms with Crippen LogP contribution in [0.1, 0.15) is 11.4 Å². The van der Waals surface area contributed by atoms with E-state index in [2.05, 4.69) is 5.10 Å². The molecule has 90 valence electrons. The molecule has 0 fully saturated rings. The Bertz CT molecular complexity index is 400. The number of hydrogen-bond acceptors (Lipinski definition) is 3. The minimum atomic E-state index is -4.58. The SMILES string of the molecule is Cn1nc(C(F)(F)F)cc1CC(O)C(=O)O. The van der Waals surface area contributed by atoms with Gasteiger partial charge in [-0.3, -0.25) is 4.68 Å². The average molecular weight is 238 g/mol. The van der Waals surface area contributed by atoms with Gasteiger partial charge in [-0.2, -0.15) is 18.3 Å². The number of aliphatic hydroxyl groups is 1. The molecule has 1 unspecified atom stereocenters. The highest BCUT2D eigenvalue weighted by atomic mass is 19.4. The normalized spacial score (nSPS) is 13.8. The fourth-order valence-corrected chi connectivity index (χ4v) is 1.12. The first-order valence-corrected chi connectivity index (χ1v) is 4.23. The topological polar surface area (TPSA) is 75.3 Å². The van der Waals surface area contributed by atoms with Crippen LogP contribution in [0.2, 0.25) is 0 Å². The Morgan fingerprint density at radius 1 is 1.62 bits per heavy atom. The van der Waals surface area contributed by atoms with Crippen LogP contribution >= 0.6 is 0 Å². The van der Waals surface area contributed by atoms with E-state index in [9.17, 15) is 18.0 Å². The minimum absolute atomic E-state index is 0.00206. The molecule has 2 N–H and O–H groups in total. The summed E-state index contributed by atoms with van der Waals surface area (Å²) in [7, 11) is 1.25. The standard InChI is InChI=1S/C8H9F3N2O3/c1-13-4(2-5(14)7(15)16)3-6(12-13)8(9,10)11/h3,5,14H,2H2,1H3,(H,15,16). The third-order valence-electron chi connectivity index (χ3n) is 1.95. The van der Waals surface area contributed by atoms with E-state index in [-0.39, 0.29) is 5.69 Å². The summed E-state index contributed by atoms with van der Waals surface area (Å²) in [5, 5.41) is 20.6. The molecule has 1 aromatic heterocycles. The quantitative estimate of drug-likeness (QED) is 0.800. The minimum Gasteiger partial charge on any atom is -0.479 e. The Labute approximate surface area is 88.1 Å². The van der Waals surface area contributed by atoms with Crippen LogP contribution in [0.4, 0.5) is 13.2 Å². The largest absolute Gasteiger partial charge is 0.479 e. The lowest BCUT2D eigenvalue weighted by Crippen LogP contribution is -2.23. The molecule has 0 amide bonds. The number of aryl methyl sites for hydroxylation is 1. The molecule has 1 heterocycles. The third kappa shape index (κ3) is 2.72. The summed E-state index contributed by atoms with van der Waals surface area (Å²) in [6.07, 6.45) is -6.74. The summed E-state index contributed by atoms with van der Waals surface area (Å²) < 4.78 is 37.6. The van der Waals surface area contributed by atoms with Crippen LogP contribution in [0.5, 0.6) is 0 Å². The molecule has 5 nitrogen and oxygen atoms in total. The third-order valence-corrected chi connectivity index (χ3v) is 1.95. The fourth-order valence-electron chi connectivity index (χ4n) is 1.12. The molecule has 1 aromatic rings. The lowest BCUT2D eigenvalue weighted by molar-refractivity contribution is -0.146.